The molecule has 6 nitrogen and oxygen atoms in total. The third-order valence-corrected chi connectivity index (χ3v) is 5.52. The molecule has 0 radical (unpaired) electrons. The van der Waals surface area contributed by atoms with Crippen LogP contribution in [-0.4, -0.2) is 66.1 Å². The molecule has 3 rings (SSSR count). The van der Waals surface area contributed by atoms with Crippen molar-refractivity contribution in [2.75, 3.05) is 38.5 Å². The minimum atomic E-state index is -0.784. The van der Waals surface area contributed by atoms with Crippen molar-refractivity contribution in [1.29, 1.82) is 0 Å². The van der Waals surface area contributed by atoms with Gasteiger partial charge in [0.25, 0.3) is 0 Å². The second-order valence-corrected chi connectivity index (χ2v) is 7.56. The molecule has 1 heterocycles. The van der Waals surface area contributed by atoms with Gasteiger partial charge in [-0.1, -0.05) is 36.4 Å². The number of carbonyl (C=O) groups is 2. The Morgan fingerprint density at radius 1 is 1.14 bits per heavy atom. The number of amides is 1. The van der Waals surface area contributed by atoms with Crippen molar-refractivity contribution in [3.8, 4) is 0 Å². The number of carboxylic acid groups (broad SMARTS) is 1. The maximum atomic E-state index is 12.5. The van der Waals surface area contributed by atoms with Crippen LogP contribution in [0.25, 0.3) is 10.8 Å². The van der Waals surface area contributed by atoms with E-state index in [0.717, 1.165) is 55.4 Å². The summed E-state index contributed by atoms with van der Waals surface area (Å²) in [6.45, 7) is 2.67. The molecular formula is C22H29N3O3. The molecular weight excluding hydrogens is 354 g/mol. The number of rotatable bonds is 7. The fourth-order valence-corrected chi connectivity index (χ4v) is 3.95. The van der Waals surface area contributed by atoms with Crippen LogP contribution >= 0.6 is 0 Å². The van der Waals surface area contributed by atoms with Crippen LogP contribution in [0.3, 0.4) is 0 Å². The highest BCUT2D eigenvalue weighted by Crippen LogP contribution is 2.23. The van der Waals surface area contributed by atoms with Crippen LogP contribution in [0.4, 0.5) is 5.69 Å². The summed E-state index contributed by atoms with van der Waals surface area (Å²) in [7, 11) is 1.88. The molecule has 150 valence electrons. The highest BCUT2D eigenvalue weighted by Gasteiger charge is 2.22. The Labute approximate surface area is 166 Å². The number of fused-ring (bicyclic) bond motifs is 1. The van der Waals surface area contributed by atoms with Crippen molar-refractivity contribution in [2.24, 2.45) is 0 Å². The number of carbonyl (C=O) groups excluding carboxylic acids is 1. The first kappa shape index (κ1) is 20.3. The molecule has 1 atom stereocenters. The first-order valence-corrected chi connectivity index (χ1v) is 9.95. The molecule has 2 aromatic carbocycles. The lowest BCUT2D eigenvalue weighted by Gasteiger charge is -2.25. The van der Waals surface area contributed by atoms with E-state index < -0.39 is 5.97 Å². The SMILES string of the molecule is CN(CC(=O)O)C1CCCN(CCC(=O)Nc2cccc3ccccc23)CC1. The quantitative estimate of drug-likeness (QED) is 0.769. The van der Waals surface area contributed by atoms with Gasteiger partial charge in [-0.05, 0) is 50.9 Å². The van der Waals surface area contributed by atoms with Gasteiger partial charge in [0.05, 0.1) is 6.54 Å². The average Bonchev–Trinajstić information content (AvgIpc) is 2.92. The highest BCUT2D eigenvalue weighted by molar-refractivity contribution is 6.02. The molecule has 1 unspecified atom stereocenters. The number of nitrogens with zero attached hydrogens (tertiary/aromatic N) is 2. The van der Waals surface area contributed by atoms with Crippen molar-refractivity contribution in [1.82, 2.24) is 9.80 Å². The minimum absolute atomic E-state index is 0.0279. The van der Waals surface area contributed by atoms with Gasteiger partial charge in [0.15, 0.2) is 0 Å². The van der Waals surface area contributed by atoms with E-state index in [1.807, 2.05) is 54.4 Å². The smallest absolute Gasteiger partial charge is 0.317 e. The Morgan fingerprint density at radius 2 is 1.93 bits per heavy atom. The number of hydrogen-bond donors (Lipinski definition) is 2. The van der Waals surface area contributed by atoms with Crippen LogP contribution in [0.5, 0.6) is 0 Å². The molecule has 0 aromatic heterocycles. The van der Waals surface area contributed by atoms with Gasteiger partial charge in [-0.2, -0.15) is 0 Å². The standard InChI is InChI=1S/C22H29N3O3/c1-24(16-22(27)28)18-8-5-13-25(14-11-18)15-12-21(26)23-20-10-4-7-17-6-2-3-9-19(17)20/h2-4,6-7,9-10,18H,5,8,11-16H2,1H3,(H,23,26)(H,27,28). The third-order valence-electron chi connectivity index (χ3n) is 5.52. The van der Waals surface area contributed by atoms with Crippen LogP contribution in [-0.2, 0) is 9.59 Å². The first-order valence-electron chi connectivity index (χ1n) is 9.95. The highest BCUT2D eigenvalue weighted by atomic mass is 16.4. The molecule has 0 saturated carbocycles. The zero-order valence-electron chi connectivity index (χ0n) is 16.4. The molecule has 1 aliphatic heterocycles. The second-order valence-electron chi connectivity index (χ2n) is 7.56. The van der Waals surface area contributed by atoms with Crippen LogP contribution in [0.15, 0.2) is 42.5 Å². The molecule has 0 bridgehead atoms. The van der Waals surface area contributed by atoms with E-state index in [9.17, 15) is 9.59 Å². The van der Waals surface area contributed by atoms with Crippen LogP contribution in [0.2, 0.25) is 0 Å². The predicted octanol–water partition coefficient (Wildman–Crippen LogP) is 3.04. The van der Waals surface area contributed by atoms with E-state index in [2.05, 4.69) is 10.2 Å². The van der Waals surface area contributed by atoms with Crippen molar-refractivity contribution in [3.05, 3.63) is 42.5 Å². The van der Waals surface area contributed by atoms with Gasteiger partial charge < -0.3 is 15.3 Å². The minimum Gasteiger partial charge on any atom is -0.480 e. The molecule has 28 heavy (non-hydrogen) atoms. The number of carboxylic acids is 1. The Morgan fingerprint density at radius 3 is 2.75 bits per heavy atom. The van der Waals surface area contributed by atoms with Gasteiger partial charge in [0, 0.05) is 30.1 Å². The van der Waals surface area contributed by atoms with E-state index in [1.165, 1.54) is 0 Å². The lowest BCUT2D eigenvalue weighted by Crippen LogP contribution is -2.36. The summed E-state index contributed by atoms with van der Waals surface area (Å²) in [5, 5.41) is 14.2. The Kier molecular flexibility index (Phi) is 7.01. The third kappa shape index (κ3) is 5.53. The summed E-state index contributed by atoms with van der Waals surface area (Å²) in [5.74, 6) is -0.756. The first-order chi connectivity index (χ1) is 13.5. The number of likely N-dealkylation sites (N-methyl/N-ethyl adjacent to an activating group) is 1. The summed E-state index contributed by atoms with van der Waals surface area (Å²) in [5.41, 5.74) is 0.856. The molecule has 1 saturated heterocycles. The van der Waals surface area contributed by atoms with E-state index in [-0.39, 0.29) is 12.5 Å². The zero-order chi connectivity index (χ0) is 19.9. The maximum Gasteiger partial charge on any atom is 0.317 e. The van der Waals surface area contributed by atoms with Crippen LogP contribution in [0.1, 0.15) is 25.7 Å². The summed E-state index contributed by atoms with van der Waals surface area (Å²) >= 11 is 0. The summed E-state index contributed by atoms with van der Waals surface area (Å²) in [6, 6.07) is 14.3. The fourth-order valence-electron chi connectivity index (χ4n) is 3.95. The lowest BCUT2D eigenvalue weighted by atomic mass is 10.1. The number of hydrogen-bond acceptors (Lipinski definition) is 4. The number of likely N-dealkylation sites (tertiary alicyclic amines) is 1. The Bertz CT molecular complexity index is 818. The number of anilines is 1. The normalized spacial score (nSPS) is 18.1. The summed E-state index contributed by atoms with van der Waals surface area (Å²) < 4.78 is 0. The van der Waals surface area contributed by atoms with Gasteiger partial charge in [0.2, 0.25) is 5.91 Å². The number of nitrogens with one attached hydrogen (secondary N) is 1. The van der Waals surface area contributed by atoms with E-state index in [4.69, 9.17) is 5.11 Å². The molecule has 2 N–H and O–H groups in total. The average molecular weight is 383 g/mol. The number of benzene rings is 2. The zero-order valence-corrected chi connectivity index (χ0v) is 16.4. The molecule has 1 aliphatic rings. The van der Waals surface area contributed by atoms with Gasteiger partial charge in [-0.25, -0.2) is 0 Å². The van der Waals surface area contributed by atoms with Crippen molar-refractivity contribution in [3.63, 3.8) is 0 Å². The molecule has 2 aromatic rings. The van der Waals surface area contributed by atoms with Crippen molar-refractivity contribution in [2.45, 2.75) is 31.7 Å². The Balaban J connectivity index is 1.49. The topological polar surface area (TPSA) is 72.9 Å². The van der Waals surface area contributed by atoms with Crippen LogP contribution < -0.4 is 5.32 Å². The Hall–Kier alpha value is -2.44. The second kappa shape index (κ2) is 9.66. The maximum absolute atomic E-state index is 12.5. The fraction of sp³-hybridized carbons (Fsp3) is 0.455. The van der Waals surface area contributed by atoms with Gasteiger partial charge in [0.1, 0.15) is 0 Å². The monoisotopic (exact) mass is 383 g/mol. The van der Waals surface area contributed by atoms with Crippen LogP contribution in [0, 0.1) is 0 Å². The molecule has 0 spiro atoms. The largest absolute Gasteiger partial charge is 0.480 e. The van der Waals surface area contributed by atoms with Crippen molar-refractivity contribution < 1.29 is 14.7 Å². The summed E-state index contributed by atoms with van der Waals surface area (Å²) in [4.78, 5) is 27.6. The van der Waals surface area contributed by atoms with Gasteiger partial charge >= 0.3 is 5.97 Å². The molecule has 1 amide bonds. The number of aliphatic carboxylic acids is 1. The van der Waals surface area contributed by atoms with E-state index in [0.29, 0.717) is 12.5 Å². The lowest BCUT2D eigenvalue weighted by molar-refractivity contribution is -0.138. The van der Waals surface area contributed by atoms with Gasteiger partial charge in [-0.3, -0.25) is 14.5 Å². The van der Waals surface area contributed by atoms with Crippen molar-refractivity contribution >= 4 is 28.3 Å². The molecule has 0 aliphatic carbocycles. The molecule has 6 heteroatoms. The molecule has 1 fully saturated rings. The van der Waals surface area contributed by atoms with Gasteiger partial charge in [-0.15, -0.1) is 0 Å². The summed E-state index contributed by atoms with van der Waals surface area (Å²) in [6.07, 6.45) is 3.43. The predicted molar refractivity (Wildman–Crippen MR) is 112 cm³/mol. The van der Waals surface area contributed by atoms with E-state index >= 15 is 0 Å². The van der Waals surface area contributed by atoms with E-state index in [1.54, 1.807) is 0 Å².